The van der Waals surface area contributed by atoms with Crippen molar-refractivity contribution in [2.45, 2.75) is 26.8 Å². The predicted molar refractivity (Wildman–Crippen MR) is 133 cm³/mol. The quantitative estimate of drug-likeness (QED) is 0.524. The first-order valence-electron chi connectivity index (χ1n) is 11.6. The molecule has 1 amide bonds. The lowest BCUT2D eigenvalue weighted by Gasteiger charge is -2.38. The largest absolute Gasteiger partial charge is 0.495 e. The molecule has 3 aromatic rings. The molecule has 1 N–H and O–H groups in total. The molecular weight excluding hydrogens is 456 g/mol. The number of fused-ring (bicyclic) bond motifs is 3. The number of carbonyl (C=O) groups is 1. The van der Waals surface area contributed by atoms with E-state index in [1.165, 1.54) is 8.61 Å². The third-order valence-corrected chi connectivity index (χ3v) is 8.70. The van der Waals surface area contributed by atoms with Crippen LogP contribution in [0.4, 0.5) is 5.69 Å². The summed E-state index contributed by atoms with van der Waals surface area (Å²) in [5.74, 6) is 0.364. The monoisotopic (exact) mass is 488 g/mol. The third-order valence-electron chi connectivity index (χ3n) is 6.52. The van der Waals surface area contributed by atoms with Gasteiger partial charge in [-0.15, -0.1) is 0 Å². The van der Waals surface area contributed by atoms with E-state index in [9.17, 15) is 13.2 Å². The fraction of sp³-hybridized carbons (Fsp3) is 0.458. The summed E-state index contributed by atoms with van der Waals surface area (Å²) in [4.78, 5) is 15.1. The summed E-state index contributed by atoms with van der Waals surface area (Å²) in [6, 6.07) is 11.0. The summed E-state index contributed by atoms with van der Waals surface area (Å²) < 4.78 is 40.0. The second kappa shape index (κ2) is 9.91. The maximum atomic E-state index is 13.1. The van der Waals surface area contributed by atoms with Crippen molar-refractivity contribution >= 4 is 43.7 Å². The Labute approximate surface area is 200 Å². The lowest BCUT2D eigenvalue weighted by molar-refractivity contribution is -0.121. The van der Waals surface area contributed by atoms with Gasteiger partial charge in [0, 0.05) is 56.1 Å². The Morgan fingerprint density at radius 2 is 1.76 bits per heavy atom. The molecule has 0 bridgehead atoms. The second-order valence-electron chi connectivity index (χ2n) is 8.34. The van der Waals surface area contributed by atoms with E-state index in [2.05, 4.69) is 5.32 Å². The van der Waals surface area contributed by atoms with Gasteiger partial charge in [0.1, 0.15) is 16.9 Å². The van der Waals surface area contributed by atoms with Crippen LogP contribution in [-0.4, -0.2) is 80.3 Å². The Bertz CT molecular complexity index is 1280. The van der Waals surface area contributed by atoms with Gasteiger partial charge in [-0.2, -0.15) is 17.0 Å². The molecule has 1 fully saturated rings. The SMILES string of the molecule is CCN(CC)S(=O)(=O)N1CCN([C@@H](C)C(=O)Nc2cc3oc4ccccc4c3cc2OC)CC1. The molecule has 184 valence electrons. The number of nitrogens with zero attached hydrogens (tertiary/aromatic N) is 3. The van der Waals surface area contributed by atoms with Gasteiger partial charge in [-0.3, -0.25) is 9.69 Å². The molecule has 2 aromatic carbocycles. The predicted octanol–water partition coefficient (Wildman–Crippen LogP) is 3.13. The van der Waals surface area contributed by atoms with Crippen LogP contribution in [0, 0.1) is 0 Å². The van der Waals surface area contributed by atoms with Crippen LogP contribution in [0.2, 0.25) is 0 Å². The van der Waals surface area contributed by atoms with E-state index in [0.29, 0.717) is 56.3 Å². The summed E-state index contributed by atoms with van der Waals surface area (Å²) in [7, 11) is -1.90. The molecule has 10 heteroatoms. The maximum Gasteiger partial charge on any atom is 0.282 e. The zero-order chi connectivity index (χ0) is 24.5. The number of furan rings is 1. The van der Waals surface area contributed by atoms with E-state index < -0.39 is 16.3 Å². The molecule has 1 aliphatic rings. The van der Waals surface area contributed by atoms with E-state index in [4.69, 9.17) is 9.15 Å². The van der Waals surface area contributed by atoms with Crippen LogP contribution in [0.3, 0.4) is 0 Å². The van der Waals surface area contributed by atoms with Gasteiger partial charge in [0.25, 0.3) is 10.2 Å². The molecule has 0 radical (unpaired) electrons. The Morgan fingerprint density at radius 3 is 2.41 bits per heavy atom. The molecule has 0 unspecified atom stereocenters. The van der Waals surface area contributed by atoms with Crippen LogP contribution in [0.5, 0.6) is 5.75 Å². The molecule has 1 aliphatic heterocycles. The number of nitrogens with one attached hydrogen (secondary N) is 1. The summed E-state index contributed by atoms with van der Waals surface area (Å²) >= 11 is 0. The fourth-order valence-electron chi connectivity index (χ4n) is 4.46. The lowest BCUT2D eigenvalue weighted by Crippen LogP contribution is -2.56. The molecule has 34 heavy (non-hydrogen) atoms. The number of methoxy groups -OCH3 is 1. The molecule has 1 aromatic heterocycles. The highest BCUT2D eigenvalue weighted by Gasteiger charge is 2.33. The minimum absolute atomic E-state index is 0.186. The molecule has 9 nitrogen and oxygen atoms in total. The van der Waals surface area contributed by atoms with Gasteiger partial charge < -0.3 is 14.5 Å². The number of rotatable bonds is 8. The normalized spacial score (nSPS) is 16.9. The number of piperazine rings is 1. The van der Waals surface area contributed by atoms with E-state index in [-0.39, 0.29) is 5.91 Å². The smallest absolute Gasteiger partial charge is 0.282 e. The van der Waals surface area contributed by atoms with Crippen LogP contribution < -0.4 is 10.1 Å². The number of hydrogen-bond acceptors (Lipinski definition) is 6. The van der Waals surface area contributed by atoms with Gasteiger partial charge in [0.2, 0.25) is 5.91 Å². The van der Waals surface area contributed by atoms with Crippen molar-refractivity contribution in [2.75, 3.05) is 51.7 Å². The van der Waals surface area contributed by atoms with Crippen molar-refractivity contribution in [3.8, 4) is 5.75 Å². The van der Waals surface area contributed by atoms with Gasteiger partial charge in [0.15, 0.2) is 0 Å². The molecule has 4 rings (SSSR count). The summed E-state index contributed by atoms with van der Waals surface area (Å²) in [5, 5.41) is 4.87. The number of hydrogen-bond donors (Lipinski definition) is 1. The van der Waals surface area contributed by atoms with Gasteiger partial charge in [-0.05, 0) is 19.1 Å². The van der Waals surface area contributed by atoms with Crippen LogP contribution in [0.25, 0.3) is 21.9 Å². The number of para-hydroxylation sites is 1. The third kappa shape index (κ3) is 4.50. The van der Waals surface area contributed by atoms with Crippen LogP contribution in [0.1, 0.15) is 20.8 Å². The van der Waals surface area contributed by atoms with Crippen molar-refractivity contribution in [1.82, 2.24) is 13.5 Å². The molecule has 0 aliphatic carbocycles. The lowest BCUT2D eigenvalue weighted by atomic mass is 10.1. The van der Waals surface area contributed by atoms with Crippen LogP contribution in [0.15, 0.2) is 40.8 Å². The Balaban J connectivity index is 1.46. The summed E-state index contributed by atoms with van der Waals surface area (Å²) in [5.41, 5.74) is 1.97. The van der Waals surface area contributed by atoms with Crippen molar-refractivity contribution in [1.29, 1.82) is 0 Å². The van der Waals surface area contributed by atoms with Gasteiger partial charge in [-0.1, -0.05) is 32.0 Å². The minimum Gasteiger partial charge on any atom is -0.495 e. The maximum absolute atomic E-state index is 13.1. The highest BCUT2D eigenvalue weighted by Crippen LogP contribution is 2.36. The van der Waals surface area contributed by atoms with Gasteiger partial charge in [0.05, 0.1) is 18.8 Å². The highest BCUT2D eigenvalue weighted by atomic mass is 32.2. The van der Waals surface area contributed by atoms with Crippen molar-refractivity contribution < 1.29 is 22.4 Å². The number of ether oxygens (including phenoxy) is 1. The van der Waals surface area contributed by atoms with E-state index >= 15 is 0 Å². The Morgan fingerprint density at radius 1 is 1.09 bits per heavy atom. The average Bonchev–Trinajstić information content (AvgIpc) is 3.21. The number of anilines is 1. The zero-order valence-electron chi connectivity index (χ0n) is 20.1. The Hall–Kier alpha value is -2.66. The molecule has 0 spiro atoms. The number of benzene rings is 2. The van der Waals surface area contributed by atoms with Crippen LogP contribution >= 0.6 is 0 Å². The van der Waals surface area contributed by atoms with Gasteiger partial charge in [-0.25, -0.2) is 0 Å². The van der Waals surface area contributed by atoms with Gasteiger partial charge >= 0.3 is 0 Å². The molecule has 2 heterocycles. The second-order valence-corrected chi connectivity index (χ2v) is 10.3. The summed E-state index contributed by atoms with van der Waals surface area (Å²) in [6.07, 6.45) is 0. The van der Waals surface area contributed by atoms with E-state index in [0.717, 1.165) is 16.4 Å². The molecule has 0 saturated carbocycles. The minimum atomic E-state index is -3.47. The average molecular weight is 489 g/mol. The zero-order valence-corrected chi connectivity index (χ0v) is 20.9. The number of amides is 1. The topological polar surface area (TPSA) is 95.3 Å². The first-order chi connectivity index (χ1) is 16.3. The van der Waals surface area contributed by atoms with E-state index in [1.54, 1.807) is 13.2 Å². The van der Waals surface area contributed by atoms with Crippen molar-refractivity contribution in [3.05, 3.63) is 36.4 Å². The number of carbonyl (C=O) groups excluding carboxylic acids is 1. The van der Waals surface area contributed by atoms with E-state index in [1.807, 2.05) is 56.0 Å². The van der Waals surface area contributed by atoms with Crippen molar-refractivity contribution in [3.63, 3.8) is 0 Å². The first-order valence-corrected chi connectivity index (χ1v) is 13.0. The highest BCUT2D eigenvalue weighted by molar-refractivity contribution is 7.86. The summed E-state index contributed by atoms with van der Waals surface area (Å²) in [6.45, 7) is 8.04. The van der Waals surface area contributed by atoms with Crippen molar-refractivity contribution in [2.24, 2.45) is 0 Å². The molecule has 1 atom stereocenters. The Kier molecular flexibility index (Phi) is 7.13. The molecule has 1 saturated heterocycles. The standard InChI is InChI=1S/C24H32N4O5S/c1-5-27(6-2)34(30,31)28-13-11-26(12-14-28)17(3)24(29)25-20-16-22-19(15-23(20)32-4)18-9-7-8-10-21(18)33-22/h7-10,15-17H,5-6,11-14H2,1-4H3,(H,25,29)/t17-/m0/s1. The van der Waals surface area contributed by atoms with Crippen LogP contribution in [-0.2, 0) is 15.0 Å². The molecular formula is C24H32N4O5S. The first kappa shape index (κ1) is 24.5. The fourth-order valence-corrected chi connectivity index (χ4v) is 6.06.